The molecule has 1 aliphatic rings. The van der Waals surface area contributed by atoms with E-state index in [4.69, 9.17) is 0 Å². The standard InChI is InChI=1S/C26H25N4O4S/c1-18-9-10-21-20(16-18)23(27-11-13-28(14-12-27)25(31)22-8-5-15-35-22)24(30(33)34)26(32)29(21)17-19-6-3-2-4-7-19/h2-10,15-16,33H,11-14,17H2,1H3/q-1. The van der Waals surface area contributed by atoms with Crippen LogP contribution in [0.5, 0.6) is 0 Å². The molecule has 1 amide bonds. The van der Waals surface area contributed by atoms with Crippen molar-refractivity contribution in [3.63, 3.8) is 0 Å². The van der Waals surface area contributed by atoms with Gasteiger partial charge in [-0.05, 0) is 36.1 Å². The number of aryl methyl sites for hydroxylation is 1. The molecular weight excluding hydrogens is 464 g/mol. The monoisotopic (exact) mass is 489 g/mol. The molecule has 8 nitrogen and oxygen atoms in total. The lowest BCUT2D eigenvalue weighted by Gasteiger charge is -2.39. The fourth-order valence-corrected chi connectivity index (χ4v) is 5.34. The number of aromatic nitrogens is 1. The summed E-state index contributed by atoms with van der Waals surface area (Å²) in [4.78, 5) is 30.7. The Hall–Kier alpha value is -3.66. The van der Waals surface area contributed by atoms with Gasteiger partial charge >= 0.3 is 0 Å². The molecule has 0 atom stereocenters. The van der Waals surface area contributed by atoms with Crippen molar-refractivity contribution in [2.24, 2.45) is 0 Å². The molecule has 1 aliphatic heterocycles. The quantitative estimate of drug-likeness (QED) is 0.425. The number of pyridine rings is 1. The Labute approximate surface area is 206 Å². The van der Waals surface area contributed by atoms with Crippen LogP contribution in [-0.4, -0.2) is 46.8 Å². The maximum absolute atomic E-state index is 13.6. The van der Waals surface area contributed by atoms with Gasteiger partial charge in [-0.25, -0.2) is 0 Å². The molecule has 180 valence electrons. The lowest BCUT2D eigenvalue weighted by Crippen LogP contribution is -2.49. The lowest BCUT2D eigenvalue weighted by molar-refractivity contribution is 0.0751. The number of rotatable bonds is 5. The Bertz CT molecular complexity index is 1410. The van der Waals surface area contributed by atoms with Crippen LogP contribution in [0.25, 0.3) is 10.9 Å². The summed E-state index contributed by atoms with van der Waals surface area (Å²) in [5.74, 6) is -0.0218. The van der Waals surface area contributed by atoms with Gasteiger partial charge in [-0.15, -0.1) is 11.3 Å². The maximum Gasteiger partial charge on any atom is 0.278 e. The van der Waals surface area contributed by atoms with Crippen LogP contribution in [0.1, 0.15) is 20.8 Å². The minimum atomic E-state index is -0.560. The lowest BCUT2D eigenvalue weighted by atomic mass is 10.1. The third-order valence-corrected chi connectivity index (χ3v) is 7.22. The molecular formula is C26H25N4O4S-. The molecule has 0 saturated carbocycles. The van der Waals surface area contributed by atoms with Gasteiger partial charge in [0.2, 0.25) is 0 Å². The van der Waals surface area contributed by atoms with E-state index < -0.39 is 5.56 Å². The second-order valence-electron chi connectivity index (χ2n) is 8.62. The van der Waals surface area contributed by atoms with Gasteiger partial charge in [-0.1, -0.05) is 48.0 Å². The zero-order valence-electron chi connectivity index (χ0n) is 19.3. The number of fused-ring (bicyclic) bond motifs is 1. The highest BCUT2D eigenvalue weighted by Gasteiger charge is 2.28. The van der Waals surface area contributed by atoms with Crippen molar-refractivity contribution in [1.29, 1.82) is 0 Å². The minimum absolute atomic E-state index is 0.0218. The van der Waals surface area contributed by atoms with Crippen LogP contribution in [0.2, 0.25) is 0 Å². The van der Waals surface area contributed by atoms with E-state index in [9.17, 15) is 20.0 Å². The zero-order chi connectivity index (χ0) is 24.5. The molecule has 1 fully saturated rings. The number of nitrogens with zero attached hydrogens (tertiary/aromatic N) is 4. The first kappa shape index (κ1) is 23.1. The van der Waals surface area contributed by atoms with Gasteiger partial charge in [0.25, 0.3) is 11.5 Å². The van der Waals surface area contributed by atoms with Crippen molar-refractivity contribution < 1.29 is 10.0 Å². The molecule has 0 aliphatic carbocycles. The van der Waals surface area contributed by atoms with E-state index in [0.717, 1.165) is 11.1 Å². The maximum atomic E-state index is 13.6. The van der Waals surface area contributed by atoms with Gasteiger partial charge < -0.3 is 24.8 Å². The van der Waals surface area contributed by atoms with E-state index in [-0.39, 0.29) is 23.4 Å². The second-order valence-corrected chi connectivity index (χ2v) is 9.57. The van der Waals surface area contributed by atoms with E-state index in [0.29, 0.717) is 47.6 Å². The molecule has 0 bridgehead atoms. The Morgan fingerprint density at radius 1 is 1.06 bits per heavy atom. The Morgan fingerprint density at radius 3 is 2.46 bits per heavy atom. The number of hydrogen-bond acceptors (Lipinski definition) is 7. The van der Waals surface area contributed by atoms with Crippen LogP contribution in [0.4, 0.5) is 11.4 Å². The average Bonchev–Trinajstić information content (AvgIpc) is 3.40. The minimum Gasteiger partial charge on any atom is -0.733 e. The van der Waals surface area contributed by atoms with Gasteiger partial charge in [-0.2, -0.15) is 0 Å². The van der Waals surface area contributed by atoms with Crippen molar-refractivity contribution in [3.8, 4) is 0 Å². The highest BCUT2D eigenvalue weighted by molar-refractivity contribution is 7.12. The first-order valence-corrected chi connectivity index (χ1v) is 12.3. The first-order valence-electron chi connectivity index (χ1n) is 11.4. The van der Waals surface area contributed by atoms with Crippen molar-refractivity contribution in [2.45, 2.75) is 13.5 Å². The van der Waals surface area contributed by atoms with Gasteiger partial charge in [-0.3, -0.25) is 14.8 Å². The molecule has 2 aromatic heterocycles. The fourth-order valence-electron chi connectivity index (χ4n) is 4.65. The van der Waals surface area contributed by atoms with E-state index in [1.54, 1.807) is 11.0 Å². The summed E-state index contributed by atoms with van der Waals surface area (Å²) in [6.07, 6.45) is 0. The fraction of sp³-hybridized carbons (Fsp3) is 0.231. The van der Waals surface area contributed by atoms with Crippen LogP contribution >= 0.6 is 11.3 Å². The molecule has 0 unspecified atom stereocenters. The van der Waals surface area contributed by atoms with Crippen LogP contribution in [0.3, 0.4) is 0 Å². The number of hydrogen-bond donors (Lipinski definition) is 1. The third-order valence-electron chi connectivity index (χ3n) is 6.36. The highest BCUT2D eigenvalue weighted by Crippen LogP contribution is 2.35. The number of anilines is 2. The molecule has 2 aromatic carbocycles. The molecule has 4 aromatic rings. The normalized spacial score (nSPS) is 13.9. The van der Waals surface area contributed by atoms with Crippen LogP contribution in [0, 0.1) is 12.1 Å². The second kappa shape index (κ2) is 9.53. The van der Waals surface area contributed by atoms with E-state index in [1.807, 2.05) is 71.8 Å². The predicted octanol–water partition coefficient (Wildman–Crippen LogP) is 4.08. The number of thiophene rings is 1. The summed E-state index contributed by atoms with van der Waals surface area (Å²) in [6.45, 7) is 3.97. The van der Waals surface area contributed by atoms with Crippen molar-refractivity contribution in [3.05, 3.63) is 97.6 Å². The molecule has 5 rings (SSSR count). The number of carbonyl (C=O) groups is 1. The summed E-state index contributed by atoms with van der Waals surface area (Å²) < 4.78 is 1.53. The van der Waals surface area contributed by atoms with Gasteiger partial charge in [0.15, 0.2) is 0 Å². The molecule has 9 heteroatoms. The predicted molar refractivity (Wildman–Crippen MR) is 139 cm³/mol. The van der Waals surface area contributed by atoms with Crippen molar-refractivity contribution in [1.82, 2.24) is 9.47 Å². The van der Waals surface area contributed by atoms with Crippen molar-refractivity contribution in [2.75, 3.05) is 36.3 Å². The highest BCUT2D eigenvalue weighted by atomic mass is 32.1. The van der Waals surface area contributed by atoms with Gasteiger partial charge in [0, 0.05) is 31.6 Å². The summed E-state index contributed by atoms with van der Waals surface area (Å²) in [5, 5.41) is 24.7. The summed E-state index contributed by atoms with van der Waals surface area (Å²) in [6, 6.07) is 18.9. The van der Waals surface area contributed by atoms with E-state index in [2.05, 4.69) is 0 Å². The van der Waals surface area contributed by atoms with E-state index >= 15 is 0 Å². The molecule has 1 saturated heterocycles. The smallest absolute Gasteiger partial charge is 0.278 e. The first-order chi connectivity index (χ1) is 16.9. The summed E-state index contributed by atoms with van der Waals surface area (Å²) in [5.41, 5.74) is 2.09. The SMILES string of the molecule is Cc1ccc2c(c1)c(N1CCN(C(=O)c3cccs3)CC1)c(N([O-])O)c(=O)n2Cc1ccccc1. The number of benzene rings is 2. The molecule has 3 heterocycles. The topological polar surface area (TPSA) is 92.1 Å². The molecule has 0 spiro atoms. The zero-order valence-corrected chi connectivity index (χ0v) is 20.1. The molecule has 35 heavy (non-hydrogen) atoms. The Morgan fingerprint density at radius 2 is 1.80 bits per heavy atom. The van der Waals surface area contributed by atoms with Crippen molar-refractivity contribution >= 4 is 39.5 Å². The Balaban J connectivity index is 1.57. The molecule has 0 radical (unpaired) electrons. The van der Waals surface area contributed by atoms with E-state index in [1.165, 1.54) is 15.9 Å². The van der Waals surface area contributed by atoms with Crippen LogP contribution < -0.4 is 15.7 Å². The largest absolute Gasteiger partial charge is 0.733 e. The molecule has 1 N–H and O–H groups in total. The van der Waals surface area contributed by atoms with Gasteiger partial charge in [0.1, 0.15) is 5.69 Å². The van der Waals surface area contributed by atoms with Crippen LogP contribution in [-0.2, 0) is 6.54 Å². The summed E-state index contributed by atoms with van der Waals surface area (Å²) in [7, 11) is 0. The number of carbonyl (C=O) groups excluding carboxylic acids is 1. The van der Waals surface area contributed by atoms with Gasteiger partial charge in [0.05, 0.1) is 22.6 Å². The average molecular weight is 490 g/mol. The van der Waals surface area contributed by atoms with Crippen LogP contribution in [0.15, 0.2) is 70.8 Å². The third kappa shape index (κ3) is 4.41. The number of amides is 1. The number of piperazine rings is 1. The Kier molecular flexibility index (Phi) is 6.29. The summed E-state index contributed by atoms with van der Waals surface area (Å²) >= 11 is 1.41.